The Morgan fingerprint density at radius 3 is 2.67 bits per heavy atom. The number of hydrogen-bond acceptors (Lipinski definition) is 3. The Morgan fingerprint density at radius 2 is 1.88 bits per heavy atom. The molecular formula is C19H21N3O2. The molecule has 24 heavy (non-hydrogen) atoms. The third-order valence-corrected chi connectivity index (χ3v) is 3.67. The molecule has 0 saturated carbocycles. The van der Waals surface area contributed by atoms with Gasteiger partial charge in [-0.3, -0.25) is 4.79 Å². The Morgan fingerprint density at radius 1 is 1.17 bits per heavy atom. The van der Waals surface area contributed by atoms with Gasteiger partial charge in [-0.25, -0.2) is 4.98 Å². The van der Waals surface area contributed by atoms with Gasteiger partial charge in [0.25, 0.3) is 0 Å². The SMILES string of the molecule is Cc1nc2ccccc2n1CC(=O)Nc1ccccc1OC(C)C. The molecule has 0 saturated heterocycles. The number of nitrogens with zero attached hydrogens (tertiary/aromatic N) is 2. The van der Waals surface area contributed by atoms with Crippen LogP contribution in [-0.4, -0.2) is 21.6 Å². The fourth-order valence-corrected chi connectivity index (χ4v) is 2.66. The van der Waals surface area contributed by atoms with Gasteiger partial charge in [0.15, 0.2) is 0 Å². The van der Waals surface area contributed by atoms with E-state index >= 15 is 0 Å². The summed E-state index contributed by atoms with van der Waals surface area (Å²) in [6.07, 6.45) is 0.0443. The highest BCUT2D eigenvalue weighted by atomic mass is 16.5. The Kier molecular flexibility index (Phi) is 4.51. The summed E-state index contributed by atoms with van der Waals surface area (Å²) in [7, 11) is 0. The molecule has 1 N–H and O–H groups in total. The van der Waals surface area contributed by atoms with E-state index in [9.17, 15) is 4.79 Å². The zero-order valence-electron chi connectivity index (χ0n) is 14.1. The number of imidazole rings is 1. The van der Waals surface area contributed by atoms with Gasteiger partial charge in [-0.2, -0.15) is 0 Å². The molecule has 0 aliphatic carbocycles. The summed E-state index contributed by atoms with van der Waals surface area (Å²) in [6.45, 7) is 6.03. The van der Waals surface area contributed by atoms with E-state index in [1.54, 1.807) is 0 Å². The summed E-state index contributed by atoms with van der Waals surface area (Å²) in [6, 6.07) is 15.3. The van der Waals surface area contributed by atoms with Crippen molar-refractivity contribution in [1.29, 1.82) is 0 Å². The number of carbonyl (C=O) groups excluding carboxylic acids is 1. The van der Waals surface area contributed by atoms with Crippen LogP contribution >= 0.6 is 0 Å². The lowest BCUT2D eigenvalue weighted by molar-refractivity contribution is -0.116. The van der Waals surface area contributed by atoms with Crippen LogP contribution in [0.5, 0.6) is 5.75 Å². The number of para-hydroxylation sites is 4. The van der Waals surface area contributed by atoms with Gasteiger partial charge in [-0.15, -0.1) is 0 Å². The van der Waals surface area contributed by atoms with Crippen molar-refractivity contribution in [2.45, 2.75) is 33.4 Å². The van der Waals surface area contributed by atoms with Crippen LogP contribution in [0.4, 0.5) is 5.69 Å². The van der Waals surface area contributed by atoms with Crippen LogP contribution in [0.1, 0.15) is 19.7 Å². The van der Waals surface area contributed by atoms with E-state index in [0.29, 0.717) is 11.4 Å². The summed E-state index contributed by atoms with van der Waals surface area (Å²) in [4.78, 5) is 17.0. The number of benzene rings is 2. The van der Waals surface area contributed by atoms with Crippen LogP contribution in [0.15, 0.2) is 48.5 Å². The first-order valence-corrected chi connectivity index (χ1v) is 8.02. The van der Waals surface area contributed by atoms with Gasteiger partial charge in [0.2, 0.25) is 5.91 Å². The summed E-state index contributed by atoms with van der Waals surface area (Å²) in [5, 5.41) is 2.93. The maximum Gasteiger partial charge on any atom is 0.244 e. The van der Waals surface area contributed by atoms with Crippen molar-refractivity contribution in [2.24, 2.45) is 0 Å². The minimum absolute atomic E-state index is 0.0443. The van der Waals surface area contributed by atoms with Gasteiger partial charge in [0.05, 0.1) is 22.8 Å². The van der Waals surface area contributed by atoms with E-state index in [1.807, 2.05) is 73.9 Å². The average Bonchev–Trinajstić information content (AvgIpc) is 2.85. The van der Waals surface area contributed by atoms with E-state index < -0.39 is 0 Å². The Bertz CT molecular complexity index is 868. The predicted molar refractivity (Wildman–Crippen MR) is 95.3 cm³/mol. The smallest absolute Gasteiger partial charge is 0.244 e. The van der Waals surface area contributed by atoms with E-state index in [4.69, 9.17) is 4.74 Å². The van der Waals surface area contributed by atoms with Crippen molar-refractivity contribution in [3.8, 4) is 5.75 Å². The second-order valence-corrected chi connectivity index (χ2v) is 5.94. The van der Waals surface area contributed by atoms with Gasteiger partial charge in [-0.1, -0.05) is 24.3 Å². The molecule has 0 atom stereocenters. The first-order valence-electron chi connectivity index (χ1n) is 8.02. The highest BCUT2D eigenvalue weighted by Crippen LogP contribution is 2.25. The number of aryl methyl sites for hydroxylation is 1. The molecule has 124 valence electrons. The molecule has 2 aromatic carbocycles. The summed E-state index contributed by atoms with van der Waals surface area (Å²) in [5.74, 6) is 1.38. The summed E-state index contributed by atoms with van der Waals surface area (Å²) < 4.78 is 7.65. The highest BCUT2D eigenvalue weighted by Gasteiger charge is 2.13. The molecule has 1 heterocycles. The highest BCUT2D eigenvalue weighted by molar-refractivity contribution is 5.93. The monoisotopic (exact) mass is 323 g/mol. The standard InChI is InChI=1S/C19H21N3O2/c1-13(2)24-18-11-7-5-9-16(18)21-19(23)12-22-14(3)20-15-8-4-6-10-17(15)22/h4-11,13H,12H2,1-3H3,(H,21,23). The first kappa shape index (κ1) is 16.1. The number of ether oxygens (including phenoxy) is 1. The molecule has 1 aromatic heterocycles. The molecule has 0 fully saturated rings. The van der Waals surface area contributed by atoms with Crippen LogP contribution in [0.25, 0.3) is 11.0 Å². The Hall–Kier alpha value is -2.82. The van der Waals surface area contributed by atoms with Crippen molar-refractivity contribution < 1.29 is 9.53 Å². The van der Waals surface area contributed by atoms with Gasteiger partial charge in [-0.05, 0) is 45.0 Å². The molecule has 3 aromatic rings. The topological polar surface area (TPSA) is 56.2 Å². The largest absolute Gasteiger partial charge is 0.489 e. The number of aromatic nitrogens is 2. The van der Waals surface area contributed by atoms with Gasteiger partial charge < -0.3 is 14.6 Å². The van der Waals surface area contributed by atoms with Crippen molar-refractivity contribution in [3.05, 3.63) is 54.4 Å². The minimum Gasteiger partial charge on any atom is -0.489 e. The molecular weight excluding hydrogens is 302 g/mol. The zero-order valence-corrected chi connectivity index (χ0v) is 14.1. The normalized spacial score (nSPS) is 11.0. The zero-order chi connectivity index (χ0) is 17.1. The van der Waals surface area contributed by atoms with Crippen LogP contribution in [-0.2, 0) is 11.3 Å². The minimum atomic E-state index is -0.110. The first-order chi connectivity index (χ1) is 11.5. The van der Waals surface area contributed by atoms with Crippen molar-refractivity contribution in [3.63, 3.8) is 0 Å². The molecule has 0 aliphatic rings. The lowest BCUT2D eigenvalue weighted by atomic mass is 10.3. The van der Waals surface area contributed by atoms with Crippen molar-refractivity contribution in [2.75, 3.05) is 5.32 Å². The number of amides is 1. The fraction of sp³-hybridized carbons (Fsp3) is 0.263. The van der Waals surface area contributed by atoms with Crippen LogP contribution in [0.3, 0.4) is 0 Å². The maximum atomic E-state index is 12.5. The molecule has 0 radical (unpaired) electrons. The third-order valence-electron chi connectivity index (χ3n) is 3.67. The molecule has 5 heteroatoms. The fourth-order valence-electron chi connectivity index (χ4n) is 2.66. The molecule has 3 rings (SSSR count). The predicted octanol–water partition coefficient (Wildman–Crippen LogP) is 3.77. The van der Waals surface area contributed by atoms with Crippen molar-refractivity contribution >= 4 is 22.6 Å². The van der Waals surface area contributed by atoms with Crippen LogP contribution in [0.2, 0.25) is 0 Å². The molecule has 0 unspecified atom stereocenters. The Labute approximate surface area is 141 Å². The van der Waals surface area contributed by atoms with E-state index in [1.165, 1.54) is 0 Å². The van der Waals surface area contributed by atoms with Gasteiger partial charge >= 0.3 is 0 Å². The number of anilines is 1. The van der Waals surface area contributed by atoms with Gasteiger partial charge in [0, 0.05) is 0 Å². The van der Waals surface area contributed by atoms with Crippen LogP contribution in [0, 0.1) is 6.92 Å². The van der Waals surface area contributed by atoms with E-state index in [0.717, 1.165) is 16.9 Å². The van der Waals surface area contributed by atoms with Crippen LogP contribution < -0.4 is 10.1 Å². The maximum absolute atomic E-state index is 12.5. The van der Waals surface area contributed by atoms with E-state index in [2.05, 4.69) is 10.3 Å². The number of rotatable bonds is 5. The second-order valence-electron chi connectivity index (χ2n) is 5.94. The lowest BCUT2D eigenvalue weighted by Gasteiger charge is -2.15. The number of carbonyl (C=O) groups is 1. The molecule has 5 nitrogen and oxygen atoms in total. The number of nitrogens with one attached hydrogen (secondary N) is 1. The molecule has 0 aliphatic heterocycles. The van der Waals surface area contributed by atoms with Gasteiger partial charge in [0.1, 0.15) is 18.1 Å². The van der Waals surface area contributed by atoms with Crippen molar-refractivity contribution in [1.82, 2.24) is 9.55 Å². The summed E-state index contributed by atoms with van der Waals surface area (Å²) >= 11 is 0. The molecule has 0 spiro atoms. The number of hydrogen-bond donors (Lipinski definition) is 1. The Balaban J connectivity index is 1.80. The number of fused-ring (bicyclic) bond motifs is 1. The molecule has 1 amide bonds. The third kappa shape index (κ3) is 3.40. The summed E-state index contributed by atoms with van der Waals surface area (Å²) in [5.41, 5.74) is 2.53. The average molecular weight is 323 g/mol. The molecule has 0 bridgehead atoms. The lowest BCUT2D eigenvalue weighted by Crippen LogP contribution is -2.20. The van der Waals surface area contributed by atoms with E-state index in [-0.39, 0.29) is 18.6 Å². The second kappa shape index (κ2) is 6.74. The quantitative estimate of drug-likeness (QED) is 0.777.